The summed E-state index contributed by atoms with van der Waals surface area (Å²) in [5, 5.41) is 13.6. The molecule has 0 saturated carbocycles. The van der Waals surface area contributed by atoms with Gasteiger partial charge in [-0.1, -0.05) is 6.92 Å². The van der Waals surface area contributed by atoms with Gasteiger partial charge in [-0.05, 0) is 19.3 Å². The maximum atomic E-state index is 11.9. The van der Waals surface area contributed by atoms with Crippen molar-refractivity contribution in [3.63, 3.8) is 0 Å². The minimum atomic E-state index is -0.287. The highest BCUT2D eigenvalue weighted by atomic mass is 16.5. The summed E-state index contributed by atoms with van der Waals surface area (Å²) in [5.74, 6) is 0. The van der Waals surface area contributed by atoms with Gasteiger partial charge in [0.25, 0.3) is 5.56 Å². The molecule has 1 aromatic heterocycles. The Labute approximate surface area is 120 Å². The van der Waals surface area contributed by atoms with E-state index in [1.807, 2.05) is 18.9 Å². The van der Waals surface area contributed by atoms with Gasteiger partial charge in [0.2, 0.25) is 0 Å². The minimum absolute atomic E-state index is 0.113. The Morgan fingerprint density at radius 2 is 2.30 bits per heavy atom. The average molecular weight is 283 g/mol. The number of aryl methyl sites for hydroxylation is 1. The Hall–Kier alpha value is -1.40. The summed E-state index contributed by atoms with van der Waals surface area (Å²) in [6, 6.07) is 1.58. The topological polar surface area (TPSA) is 67.6 Å². The van der Waals surface area contributed by atoms with Gasteiger partial charge >= 0.3 is 0 Å². The van der Waals surface area contributed by atoms with Gasteiger partial charge in [-0.25, -0.2) is 4.68 Å². The normalized spacial score (nSPS) is 12.4. The van der Waals surface area contributed by atoms with Crippen LogP contribution in [0.4, 0.5) is 5.69 Å². The molecule has 1 atom stereocenters. The molecule has 1 N–H and O–H groups in total. The average Bonchev–Trinajstić information content (AvgIpc) is 2.46. The van der Waals surface area contributed by atoms with Crippen LogP contribution in [0.3, 0.4) is 0 Å². The molecule has 1 aromatic rings. The maximum Gasteiger partial charge on any atom is 0.268 e. The van der Waals surface area contributed by atoms with Crippen molar-refractivity contribution in [1.82, 2.24) is 9.78 Å². The molecule has 0 fully saturated rings. The van der Waals surface area contributed by atoms with E-state index < -0.39 is 0 Å². The Morgan fingerprint density at radius 1 is 1.55 bits per heavy atom. The summed E-state index contributed by atoms with van der Waals surface area (Å²) in [5.41, 5.74) is 0.676. The highest BCUT2D eigenvalue weighted by Crippen LogP contribution is 2.07. The molecule has 0 aliphatic rings. The molecule has 0 bridgehead atoms. The summed E-state index contributed by atoms with van der Waals surface area (Å²) in [6.45, 7) is 3.80. The molecule has 6 nitrogen and oxygen atoms in total. The smallest absolute Gasteiger partial charge is 0.268 e. The van der Waals surface area contributed by atoms with E-state index in [1.165, 1.54) is 4.68 Å². The molecule has 0 aromatic carbocycles. The number of methoxy groups -OCH3 is 1. The Kier molecular flexibility index (Phi) is 7.25. The maximum absolute atomic E-state index is 11.9. The van der Waals surface area contributed by atoms with Crippen LogP contribution in [0.5, 0.6) is 0 Å². The Bertz CT molecular complexity index is 448. The molecule has 1 unspecified atom stereocenters. The van der Waals surface area contributed by atoms with E-state index in [9.17, 15) is 9.90 Å². The van der Waals surface area contributed by atoms with E-state index in [2.05, 4.69) is 5.10 Å². The first kappa shape index (κ1) is 16.7. The van der Waals surface area contributed by atoms with Crippen molar-refractivity contribution in [1.29, 1.82) is 0 Å². The predicted molar refractivity (Wildman–Crippen MR) is 79.2 cm³/mol. The van der Waals surface area contributed by atoms with Crippen molar-refractivity contribution < 1.29 is 9.84 Å². The fourth-order valence-electron chi connectivity index (χ4n) is 1.84. The van der Waals surface area contributed by atoms with Gasteiger partial charge in [0.15, 0.2) is 0 Å². The zero-order valence-corrected chi connectivity index (χ0v) is 12.6. The molecule has 1 rings (SSSR count). The van der Waals surface area contributed by atoms with E-state index in [-0.39, 0.29) is 11.7 Å². The van der Waals surface area contributed by atoms with E-state index in [0.717, 1.165) is 18.5 Å². The first-order chi connectivity index (χ1) is 9.58. The highest BCUT2D eigenvalue weighted by Gasteiger charge is 2.06. The number of ether oxygens (including phenoxy) is 1. The van der Waals surface area contributed by atoms with Crippen LogP contribution < -0.4 is 10.5 Å². The molecule has 1 heterocycles. The number of anilines is 1. The van der Waals surface area contributed by atoms with Crippen molar-refractivity contribution in [2.45, 2.75) is 38.8 Å². The van der Waals surface area contributed by atoms with Gasteiger partial charge in [0.05, 0.1) is 24.6 Å². The van der Waals surface area contributed by atoms with Crippen molar-refractivity contribution in [3.8, 4) is 0 Å². The Balaban J connectivity index is 2.57. The second-order valence-electron chi connectivity index (χ2n) is 4.89. The van der Waals surface area contributed by atoms with Crippen LogP contribution >= 0.6 is 0 Å². The highest BCUT2D eigenvalue weighted by molar-refractivity contribution is 5.41. The summed E-state index contributed by atoms with van der Waals surface area (Å²) in [4.78, 5) is 13.9. The third-order valence-electron chi connectivity index (χ3n) is 3.31. The number of hydrogen-bond donors (Lipinski definition) is 1. The number of nitrogens with zero attached hydrogens (tertiary/aromatic N) is 3. The van der Waals surface area contributed by atoms with Gasteiger partial charge in [0, 0.05) is 33.3 Å². The number of aromatic nitrogens is 2. The molecule has 20 heavy (non-hydrogen) atoms. The van der Waals surface area contributed by atoms with Crippen LogP contribution in [0.2, 0.25) is 0 Å². The van der Waals surface area contributed by atoms with Crippen LogP contribution in [-0.4, -0.2) is 48.3 Å². The summed E-state index contributed by atoms with van der Waals surface area (Å²) < 4.78 is 6.45. The fourth-order valence-corrected chi connectivity index (χ4v) is 1.84. The SMILES string of the molecule is CCC(O)CCCn1ncc(N(C)CCOC)cc1=O. The molecule has 114 valence electrons. The van der Waals surface area contributed by atoms with Crippen LogP contribution in [0.25, 0.3) is 0 Å². The lowest BCUT2D eigenvalue weighted by Crippen LogP contribution is -2.27. The molecular weight excluding hydrogens is 258 g/mol. The third kappa shape index (κ3) is 5.30. The molecule has 0 radical (unpaired) electrons. The molecule has 0 saturated heterocycles. The number of aliphatic hydroxyl groups excluding tert-OH is 1. The number of hydrogen-bond acceptors (Lipinski definition) is 5. The van der Waals surface area contributed by atoms with Crippen molar-refractivity contribution >= 4 is 5.69 Å². The number of rotatable bonds is 9. The second kappa shape index (κ2) is 8.71. The lowest BCUT2D eigenvalue weighted by atomic mass is 10.1. The lowest BCUT2D eigenvalue weighted by molar-refractivity contribution is 0.155. The third-order valence-corrected chi connectivity index (χ3v) is 3.31. The first-order valence-electron chi connectivity index (χ1n) is 7.03. The van der Waals surface area contributed by atoms with Gasteiger partial charge in [-0.2, -0.15) is 5.10 Å². The molecule has 0 spiro atoms. The monoisotopic (exact) mass is 283 g/mol. The molecular formula is C14H25N3O3. The standard InChI is InChI=1S/C14H25N3O3/c1-4-13(18)6-5-7-17-14(19)10-12(11-15-17)16(2)8-9-20-3/h10-11,13,18H,4-9H2,1-3H3. The number of likely N-dealkylation sites (N-methyl/N-ethyl adjacent to an activating group) is 1. The largest absolute Gasteiger partial charge is 0.393 e. The summed E-state index contributed by atoms with van der Waals surface area (Å²) in [7, 11) is 3.55. The Morgan fingerprint density at radius 3 is 2.90 bits per heavy atom. The van der Waals surface area contributed by atoms with Crippen LogP contribution in [0.1, 0.15) is 26.2 Å². The zero-order chi connectivity index (χ0) is 15.0. The van der Waals surface area contributed by atoms with E-state index in [0.29, 0.717) is 26.1 Å². The van der Waals surface area contributed by atoms with Crippen LogP contribution in [0, 0.1) is 0 Å². The first-order valence-corrected chi connectivity index (χ1v) is 7.03. The van der Waals surface area contributed by atoms with E-state index in [1.54, 1.807) is 19.4 Å². The quantitative estimate of drug-likeness (QED) is 0.728. The molecule has 0 aliphatic carbocycles. The van der Waals surface area contributed by atoms with Crippen molar-refractivity contribution in [2.75, 3.05) is 32.2 Å². The number of aliphatic hydroxyl groups is 1. The van der Waals surface area contributed by atoms with Crippen molar-refractivity contribution in [2.24, 2.45) is 0 Å². The van der Waals surface area contributed by atoms with E-state index >= 15 is 0 Å². The molecule has 6 heteroatoms. The van der Waals surface area contributed by atoms with Crippen molar-refractivity contribution in [3.05, 3.63) is 22.6 Å². The summed E-state index contributed by atoms with van der Waals surface area (Å²) in [6.07, 6.45) is 3.59. The second-order valence-corrected chi connectivity index (χ2v) is 4.89. The lowest BCUT2D eigenvalue weighted by Gasteiger charge is -2.18. The van der Waals surface area contributed by atoms with Gasteiger partial charge in [-0.3, -0.25) is 4.79 Å². The van der Waals surface area contributed by atoms with E-state index in [4.69, 9.17) is 4.74 Å². The van der Waals surface area contributed by atoms with Crippen LogP contribution in [0.15, 0.2) is 17.1 Å². The van der Waals surface area contributed by atoms with Gasteiger partial charge < -0.3 is 14.7 Å². The molecule has 0 aliphatic heterocycles. The zero-order valence-electron chi connectivity index (χ0n) is 12.6. The molecule has 0 amide bonds. The fraction of sp³-hybridized carbons (Fsp3) is 0.714. The van der Waals surface area contributed by atoms with Gasteiger partial charge in [-0.15, -0.1) is 0 Å². The van der Waals surface area contributed by atoms with Gasteiger partial charge in [0.1, 0.15) is 0 Å². The summed E-state index contributed by atoms with van der Waals surface area (Å²) >= 11 is 0. The predicted octanol–water partition coefficient (Wildman–Crippen LogP) is 0.877. The van der Waals surface area contributed by atoms with Crippen LogP contribution in [-0.2, 0) is 11.3 Å². The minimum Gasteiger partial charge on any atom is -0.393 e.